The van der Waals surface area contributed by atoms with Crippen LogP contribution in [-0.4, -0.2) is 46.7 Å². The maximum atomic E-state index is 11.6. The Morgan fingerprint density at radius 3 is 2.75 bits per heavy atom. The van der Waals surface area contributed by atoms with E-state index in [0.717, 1.165) is 19.5 Å². The van der Waals surface area contributed by atoms with E-state index in [-0.39, 0.29) is 0 Å². The number of rotatable bonds is 7. The van der Waals surface area contributed by atoms with Crippen LogP contribution in [0.1, 0.15) is 66.2 Å². The zero-order valence-corrected chi connectivity index (χ0v) is 13.6. The lowest BCUT2D eigenvalue weighted by Crippen LogP contribution is -2.54. The Hall–Kier alpha value is -0.610. The summed E-state index contributed by atoms with van der Waals surface area (Å²) >= 11 is 0. The van der Waals surface area contributed by atoms with Crippen LogP contribution in [0.5, 0.6) is 0 Å². The van der Waals surface area contributed by atoms with E-state index in [1.54, 1.807) is 0 Å². The van der Waals surface area contributed by atoms with Crippen LogP contribution < -0.4 is 5.32 Å². The van der Waals surface area contributed by atoms with E-state index in [0.29, 0.717) is 18.5 Å². The standard InChI is InChI=1S/C16H32N2O2/c1-5-10-17-16(4,15(19)20)12-14(3)18-11-8-6-7-9-13(18)2/h13-14,17H,5-12H2,1-4H3,(H,19,20). The number of nitrogens with one attached hydrogen (secondary N) is 1. The first-order valence-electron chi connectivity index (χ1n) is 8.15. The number of likely N-dealkylation sites (tertiary alicyclic amines) is 1. The molecular formula is C16H32N2O2. The van der Waals surface area contributed by atoms with Gasteiger partial charge in [0.05, 0.1) is 0 Å². The maximum Gasteiger partial charge on any atom is 0.323 e. The molecule has 20 heavy (non-hydrogen) atoms. The molecule has 0 aliphatic carbocycles. The van der Waals surface area contributed by atoms with Gasteiger partial charge in [-0.2, -0.15) is 0 Å². The predicted molar refractivity (Wildman–Crippen MR) is 83.0 cm³/mol. The summed E-state index contributed by atoms with van der Waals surface area (Å²) < 4.78 is 0. The summed E-state index contributed by atoms with van der Waals surface area (Å²) in [5, 5.41) is 12.8. The van der Waals surface area contributed by atoms with Gasteiger partial charge in [0.25, 0.3) is 0 Å². The molecule has 0 radical (unpaired) electrons. The lowest BCUT2D eigenvalue weighted by Gasteiger charge is -2.38. The zero-order chi connectivity index (χ0) is 15.2. The molecule has 0 spiro atoms. The molecule has 1 heterocycles. The van der Waals surface area contributed by atoms with Crippen molar-refractivity contribution < 1.29 is 9.90 Å². The zero-order valence-electron chi connectivity index (χ0n) is 13.6. The quantitative estimate of drug-likeness (QED) is 0.755. The van der Waals surface area contributed by atoms with Crippen molar-refractivity contribution in [1.82, 2.24) is 10.2 Å². The summed E-state index contributed by atoms with van der Waals surface area (Å²) in [4.78, 5) is 14.1. The van der Waals surface area contributed by atoms with Crippen molar-refractivity contribution in [2.75, 3.05) is 13.1 Å². The average molecular weight is 284 g/mol. The minimum absolute atomic E-state index is 0.300. The number of carbonyl (C=O) groups is 1. The molecule has 0 bridgehead atoms. The van der Waals surface area contributed by atoms with Gasteiger partial charge >= 0.3 is 5.97 Å². The van der Waals surface area contributed by atoms with Crippen LogP contribution in [0.2, 0.25) is 0 Å². The van der Waals surface area contributed by atoms with Crippen molar-refractivity contribution in [3.05, 3.63) is 0 Å². The van der Waals surface area contributed by atoms with Gasteiger partial charge in [-0.1, -0.05) is 19.8 Å². The third-order valence-corrected chi connectivity index (χ3v) is 4.61. The van der Waals surface area contributed by atoms with Crippen molar-refractivity contribution in [3.8, 4) is 0 Å². The van der Waals surface area contributed by atoms with Gasteiger partial charge in [0.2, 0.25) is 0 Å². The molecule has 3 unspecified atom stereocenters. The molecule has 4 nitrogen and oxygen atoms in total. The molecule has 2 N–H and O–H groups in total. The van der Waals surface area contributed by atoms with E-state index in [9.17, 15) is 9.90 Å². The molecular weight excluding hydrogens is 252 g/mol. The molecule has 3 atom stereocenters. The maximum absolute atomic E-state index is 11.6. The van der Waals surface area contributed by atoms with Crippen molar-refractivity contribution in [2.24, 2.45) is 0 Å². The lowest BCUT2D eigenvalue weighted by atomic mass is 9.92. The molecule has 0 saturated carbocycles. The Morgan fingerprint density at radius 2 is 2.15 bits per heavy atom. The topological polar surface area (TPSA) is 52.6 Å². The highest BCUT2D eigenvalue weighted by molar-refractivity contribution is 5.78. The first-order valence-corrected chi connectivity index (χ1v) is 8.15. The molecule has 1 rings (SSSR count). The van der Waals surface area contributed by atoms with Crippen molar-refractivity contribution in [2.45, 2.75) is 83.8 Å². The van der Waals surface area contributed by atoms with E-state index in [1.165, 1.54) is 25.7 Å². The first kappa shape index (κ1) is 17.4. The number of hydrogen-bond donors (Lipinski definition) is 2. The fourth-order valence-corrected chi connectivity index (χ4v) is 3.30. The van der Waals surface area contributed by atoms with Crippen LogP contribution in [0.4, 0.5) is 0 Å². The molecule has 0 aromatic heterocycles. The van der Waals surface area contributed by atoms with E-state index < -0.39 is 11.5 Å². The Morgan fingerprint density at radius 1 is 1.45 bits per heavy atom. The average Bonchev–Trinajstić information content (AvgIpc) is 2.60. The number of nitrogens with zero attached hydrogens (tertiary/aromatic N) is 1. The van der Waals surface area contributed by atoms with E-state index in [2.05, 4.69) is 31.0 Å². The molecule has 1 saturated heterocycles. The fraction of sp³-hybridized carbons (Fsp3) is 0.938. The summed E-state index contributed by atoms with van der Waals surface area (Å²) in [7, 11) is 0. The third-order valence-electron chi connectivity index (χ3n) is 4.61. The van der Waals surface area contributed by atoms with Gasteiger partial charge in [-0.25, -0.2) is 0 Å². The summed E-state index contributed by atoms with van der Waals surface area (Å²) in [5.74, 6) is -0.736. The Balaban J connectivity index is 2.68. The van der Waals surface area contributed by atoms with Gasteiger partial charge < -0.3 is 10.4 Å². The van der Waals surface area contributed by atoms with Crippen LogP contribution in [0.3, 0.4) is 0 Å². The fourth-order valence-electron chi connectivity index (χ4n) is 3.30. The van der Waals surface area contributed by atoms with Crippen molar-refractivity contribution >= 4 is 5.97 Å². The third kappa shape index (κ3) is 4.74. The number of hydrogen-bond acceptors (Lipinski definition) is 3. The largest absolute Gasteiger partial charge is 0.480 e. The highest BCUT2D eigenvalue weighted by atomic mass is 16.4. The molecule has 0 aromatic rings. The molecule has 4 heteroatoms. The SMILES string of the molecule is CCCNC(C)(CC(C)N1CCCCCC1C)C(=O)O. The van der Waals surface area contributed by atoms with Gasteiger partial charge in [-0.05, 0) is 59.5 Å². The van der Waals surface area contributed by atoms with Gasteiger partial charge in [0.15, 0.2) is 0 Å². The van der Waals surface area contributed by atoms with E-state index >= 15 is 0 Å². The van der Waals surface area contributed by atoms with Gasteiger partial charge in [-0.3, -0.25) is 9.69 Å². The smallest absolute Gasteiger partial charge is 0.323 e. The molecule has 0 aromatic carbocycles. The van der Waals surface area contributed by atoms with Crippen LogP contribution in [0, 0.1) is 0 Å². The summed E-state index contributed by atoms with van der Waals surface area (Å²) in [6.45, 7) is 10.2. The highest BCUT2D eigenvalue weighted by Crippen LogP contribution is 2.24. The Labute approximate surface area is 123 Å². The first-order chi connectivity index (χ1) is 9.40. The summed E-state index contributed by atoms with van der Waals surface area (Å²) in [6.07, 6.45) is 6.69. The monoisotopic (exact) mass is 284 g/mol. The van der Waals surface area contributed by atoms with Crippen LogP contribution in [-0.2, 0) is 4.79 Å². The minimum atomic E-state index is -0.818. The number of carboxylic acid groups (broad SMARTS) is 1. The second-order valence-corrected chi connectivity index (χ2v) is 6.55. The van der Waals surface area contributed by atoms with Crippen LogP contribution in [0.25, 0.3) is 0 Å². The Kier molecular flexibility index (Phi) is 6.96. The molecule has 118 valence electrons. The normalized spacial score (nSPS) is 25.7. The second-order valence-electron chi connectivity index (χ2n) is 6.55. The van der Waals surface area contributed by atoms with Gasteiger partial charge in [0, 0.05) is 12.1 Å². The van der Waals surface area contributed by atoms with Gasteiger partial charge in [0.1, 0.15) is 5.54 Å². The van der Waals surface area contributed by atoms with Crippen LogP contribution in [0.15, 0.2) is 0 Å². The Bertz CT molecular complexity index is 309. The number of carboxylic acids is 1. The summed E-state index contributed by atoms with van der Waals surface area (Å²) in [6, 6.07) is 0.866. The molecule has 1 aliphatic rings. The van der Waals surface area contributed by atoms with Crippen molar-refractivity contribution in [1.29, 1.82) is 0 Å². The van der Waals surface area contributed by atoms with Gasteiger partial charge in [-0.15, -0.1) is 0 Å². The van der Waals surface area contributed by atoms with Crippen LogP contribution >= 0.6 is 0 Å². The summed E-state index contributed by atoms with van der Waals surface area (Å²) in [5.41, 5.74) is -0.818. The van der Waals surface area contributed by atoms with E-state index in [4.69, 9.17) is 0 Å². The molecule has 0 amide bonds. The van der Waals surface area contributed by atoms with Crippen molar-refractivity contribution in [3.63, 3.8) is 0 Å². The molecule has 1 aliphatic heterocycles. The highest BCUT2D eigenvalue weighted by Gasteiger charge is 2.36. The van der Waals surface area contributed by atoms with E-state index in [1.807, 2.05) is 6.92 Å². The number of aliphatic carboxylic acids is 1. The molecule has 1 fully saturated rings. The predicted octanol–water partition coefficient (Wildman–Crippen LogP) is 2.87. The minimum Gasteiger partial charge on any atom is -0.480 e. The second kappa shape index (κ2) is 7.99. The lowest BCUT2D eigenvalue weighted by molar-refractivity contribution is -0.145.